The maximum atomic E-state index is 12.3. The lowest BCUT2D eigenvalue weighted by atomic mass is 10.1. The molecule has 10 nitrogen and oxygen atoms in total. The van der Waals surface area contributed by atoms with Gasteiger partial charge in [-0.25, -0.2) is 0 Å². The molecule has 26 heavy (non-hydrogen) atoms. The summed E-state index contributed by atoms with van der Waals surface area (Å²) in [5.41, 5.74) is 0. The maximum absolute atomic E-state index is 12.3. The van der Waals surface area contributed by atoms with Crippen LogP contribution in [0.4, 0.5) is 0 Å². The van der Waals surface area contributed by atoms with E-state index < -0.39 is 35.9 Å². The van der Waals surface area contributed by atoms with Crippen LogP contribution >= 0.6 is 0 Å². The lowest BCUT2D eigenvalue weighted by Crippen LogP contribution is -2.54. The Morgan fingerprint density at radius 1 is 0.808 bits per heavy atom. The summed E-state index contributed by atoms with van der Waals surface area (Å²) in [6.07, 6.45) is 1.55. The normalized spacial score (nSPS) is 13.7. The number of carbonyl (C=O) groups excluding carboxylic acids is 4. The van der Waals surface area contributed by atoms with E-state index in [9.17, 15) is 24.0 Å². The monoisotopic (exact) mass is 372 g/mol. The van der Waals surface area contributed by atoms with Gasteiger partial charge in [-0.3, -0.25) is 24.0 Å². The number of aliphatic carboxylic acids is 1. The van der Waals surface area contributed by atoms with Crippen molar-refractivity contribution in [3.05, 3.63) is 0 Å². The molecule has 0 aromatic rings. The van der Waals surface area contributed by atoms with Gasteiger partial charge in [0.1, 0.15) is 18.1 Å². The predicted molar refractivity (Wildman–Crippen MR) is 93.0 cm³/mol. The smallest absolute Gasteiger partial charge is 0.325 e. The third-order valence-electron chi connectivity index (χ3n) is 3.47. The van der Waals surface area contributed by atoms with Crippen molar-refractivity contribution in [2.75, 3.05) is 6.54 Å². The first-order valence-corrected chi connectivity index (χ1v) is 8.39. The first kappa shape index (κ1) is 23.4. The Balaban J connectivity index is 4.56. The molecule has 0 rings (SSSR count). The molecular formula is C16H28N4O6. The van der Waals surface area contributed by atoms with Gasteiger partial charge in [-0.2, -0.15) is 0 Å². The highest BCUT2D eigenvalue weighted by molar-refractivity contribution is 5.92. The van der Waals surface area contributed by atoms with E-state index in [1.807, 2.05) is 0 Å². The number of amides is 4. The molecular weight excluding hydrogens is 344 g/mol. The van der Waals surface area contributed by atoms with Crippen molar-refractivity contribution in [2.24, 2.45) is 0 Å². The van der Waals surface area contributed by atoms with E-state index in [4.69, 9.17) is 5.11 Å². The minimum absolute atomic E-state index is 0.142. The van der Waals surface area contributed by atoms with Gasteiger partial charge < -0.3 is 26.4 Å². The number of carboxylic acids is 1. The first-order valence-electron chi connectivity index (χ1n) is 8.39. The van der Waals surface area contributed by atoms with E-state index in [1.165, 1.54) is 27.7 Å². The van der Waals surface area contributed by atoms with E-state index in [-0.39, 0.29) is 11.8 Å². The fourth-order valence-electron chi connectivity index (χ4n) is 2.03. The Labute approximate surface area is 152 Å². The van der Waals surface area contributed by atoms with Crippen LogP contribution in [0.2, 0.25) is 0 Å². The highest BCUT2D eigenvalue weighted by Gasteiger charge is 2.24. The van der Waals surface area contributed by atoms with E-state index in [1.54, 1.807) is 0 Å². The molecule has 0 saturated heterocycles. The van der Waals surface area contributed by atoms with Crippen molar-refractivity contribution in [1.29, 1.82) is 0 Å². The summed E-state index contributed by atoms with van der Waals surface area (Å²) >= 11 is 0. The van der Waals surface area contributed by atoms with Crippen LogP contribution in [-0.2, 0) is 24.0 Å². The molecule has 0 aliphatic rings. The molecule has 0 saturated carbocycles. The van der Waals surface area contributed by atoms with Gasteiger partial charge >= 0.3 is 5.97 Å². The number of nitrogens with one attached hydrogen (secondary N) is 4. The third kappa shape index (κ3) is 10.3. The highest BCUT2D eigenvalue weighted by Crippen LogP contribution is 2.02. The van der Waals surface area contributed by atoms with Crippen LogP contribution < -0.4 is 21.3 Å². The molecule has 0 aromatic carbocycles. The second-order valence-electron chi connectivity index (χ2n) is 6.03. The van der Waals surface area contributed by atoms with Crippen LogP contribution in [0.3, 0.4) is 0 Å². The molecule has 3 atom stereocenters. The second-order valence-corrected chi connectivity index (χ2v) is 6.03. The molecule has 0 heterocycles. The molecule has 0 bridgehead atoms. The van der Waals surface area contributed by atoms with Gasteiger partial charge in [0.05, 0.1) is 0 Å². The van der Waals surface area contributed by atoms with E-state index in [2.05, 4.69) is 21.3 Å². The maximum Gasteiger partial charge on any atom is 0.325 e. The van der Waals surface area contributed by atoms with Gasteiger partial charge in [0.25, 0.3) is 0 Å². The number of hydrogen-bond donors (Lipinski definition) is 5. The fraction of sp³-hybridized carbons (Fsp3) is 0.688. The quantitative estimate of drug-likeness (QED) is 0.290. The summed E-state index contributed by atoms with van der Waals surface area (Å²) < 4.78 is 0. The zero-order chi connectivity index (χ0) is 20.3. The summed E-state index contributed by atoms with van der Waals surface area (Å²) in [5.74, 6) is -2.89. The summed E-state index contributed by atoms with van der Waals surface area (Å²) in [7, 11) is 0. The Hall–Kier alpha value is -2.65. The largest absolute Gasteiger partial charge is 0.480 e. The number of carboxylic acid groups (broad SMARTS) is 1. The SMILES string of the molecule is CC(=O)NCCCCC(NC(C)=O)C(=O)N[C@@H](C)C(=O)N[C@@H](C)C(=O)O. The fourth-order valence-corrected chi connectivity index (χ4v) is 2.03. The molecule has 0 aliphatic carbocycles. The molecule has 0 aliphatic heterocycles. The molecule has 148 valence electrons. The predicted octanol–water partition coefficient (Wildman–Crippen LogP) is -1.11. The molecule has 0 fully saturated rings. The Morgan fingerprint density at radius 2 is 1.38 bits per heavy atom. The lowest BCUT2D eigenvalue weighted by molar-refractivity contribution is -0.141. The van der Waals surface area contributed by atoms with Crippen molar-refractivity contribution in [3.63, 3.8) is 0 Å². The third-order valence-corrected chi connectivity index (χ3v) is 3.47. The van der Waals surface area contributed by atoms with Crippen molar-refractivity contribution in [2.45, 2.75) is 65.1 Å². The average molecular weight is 372 g/mol. The van der Waals surface area contributed by atoms with E-state index in [0.29, 0.717) is 25.8 Å². The van der Waals surface area contributed by atoms with Gasteiger partial charge in [0.2, 0.25) is 23.6 Å². The molecule has 0 spiro atoms. The summed E-state index contributed by atoms with van der Waals surface area (Å²) in [5, 5.41) is 18.6. The van der Waals surface area contributed by atoms with Gasteiger partial charge in [-0.1, -0.05) is 0 Å². The van der Waals surface area contributed by atoms with Crippen molar-refractivity contribution in [3.8, 4) is 0 Å². The molecule has 10 heteroatoms. The average Bonchev–Trinajstić information content (AvgIpc) is 2.52. The first-order chi connectivity index (χ1) is 12.0. The number of rotatable bonds is 11. The molecule has 0 radical (unpaired) electrons. The van der Waals surface area contributed by atoms with Crippen LogP contribution in [0.25, 0.3) is 0 Å². The Kier molecular flexibility index (Phi) is 10.6. The second kappa shape index (κ2) is 11.8. The Bertz CT molecular complexity index is 537. The Morgan fingerprint density at radius 3 is 1.88 bits per heavy atom. The van der Waals surface area contributed by atoms with E-state index >= 15 is 0 Å². The molecule has 0 aromatic heterocycles. The van der Waals surface area contributed by atoms with Gasteiger partial charge in [0, 0.05) is 20.4 Å². The van der Waals surface area contributed by atoms with Gasteiger partial charge in [-0.05, 0) is 33.1 Å². The zero-order valence-corrected chi connectivity index (χ0v) is 15.5. The highest BCUT2D eigenvalue weighted by atomic mass is 16.4. The van der Waals surface area contributed by atoms with Crippen LogP contribution in [0.1, 0.15) is 47.0 Å². The minimum atomic E-state index is -1.19. The lowest BCUT2D eigenvalue weighted by Gasteiger charge is -2.21. The number of unbranched alkanes of at least 4 members (excludes halogenated alkanes) is 1. The molecule has 5 N–H and O–H groups in total. The van der Waals surface area contributed by atoms with Crippen LogP contribution in [0.15, 0.2) is 0 Å². The minimum Gasteiger partial charge on any atom is -0.480 e. The van der Waals surface area contributed by atoms with Crippen LogP contribution in [0, 0.1) is 0 Å². The van der Waals surface area contributed by atoms with Gasteiger partial charge in [0.15, 0.2) is 0 Å². The van der Waals surface area contributed by atoms with Gasteiger partial charge in [-0.15, -0.1) is 0 Å². The number of carbonyl (C=O) groups is 5. The number of hydrogen-bond acceptors (Lipinski definition) is 5. The summed E-state index contributed by atoms with van der Waals surface area (Å²) in [6.45, 7) is 5.89. The molecule has 1 unspecified atom stereocenters. The van der Waals surface area contributed by atoms with E-state index in [0.717, 1.165) is 0 Å². The summed E-state index contributed by atoms with van der Waals surface area (Å²) in [4.78, 5) is 57.0. The van der Waals surface area contributed by atoms with Crippen molar-refractivity contribution >= 4 is 29.6 Å². The van der Waals surface area contributed by atoms with Crippen molar-refractivity contribution < 1.29 is 29.1 Å². The standard InChI is InChI=1S/C16H28N4O6/c1-9(14(23)19-10(2)16(25)26)18-15(24)13(20-12(4)22)7-5-6-8-17-11(3)21/h9-10,13H,5-8H2,1-4H3,(H,17,21)(H,18,24)(H,19,23)(H,20,22)(H,25,26)/t9-,10-,13?/m0/s1. The van der Waals surface area contributed by atoms with Crippen molar-refractivity contribution in [1.82, 2.24) is 21.3 Å². The van der Waals surface area contributed by atoms with Crippen LogP contribution in [-0.4, -0.2) is 59.4 Å². The zero-order valence-electron chi connectivity index (χ0n) is 15.5. The topological polar surface area (TPSA) is 154 Å². The van der Waals surface area contributed by atoms with Crippen LogP contribution in [0.5, 0.6) is 0 Å². The summed E-state index contributed by atoms with van der Waals surface area (Å²) in [6, 6.07) is -2.86. The molecule has 4 amide bonds.